The van der Waals surface area contributed by atoms with Crippen LogP contribution in [0.3, 0.4) is 0 Å². The maximum absolute atomic E-state index is 11.9. The summed E-state index contributed by atoms with van der Waals surface area (Å²) >= 11 is 0. The number of piperidine rings is 1. The lowest BCUT2D eigenvalue weighted by atomic mass is 9.97. The number of hydrogen-bond acceptors (Lipinski definition) is 3. The van der Waals surface area contributed by atoms with Gasteiger partial charge in [0.15, 0.2) is 0 Å². The average molecular weight is 253 g/mol. The van der Waals surface area contributed by atoms with Crippen LogP contribution in [0.1, 0.15) is 38.5 Å². The van der Waals surface area contributed by atoms with Crippen LogP contribution < -0.4 is 10.6 Å². The number of nitrogens with zero attached hydrogens (tertiary/aromatic N) is 1. The molecule has 104 valence electrons. The second-order valence-corrected chi connectivity index (χ2v) is 5.73. The molecule has 1 amide bonds. The molecule has 1 saturated carbocycles. The van der Waals surface area contributed by atoms with Crippen LogP contribution in [0.25, 0.3) is 0 Å². The van der Waals surface area contributed by atoms with Gasteiger partial charge in [-0.25, -0.2) is 0 Å². The lowest BCUT2D eigenvalue weighted by Gasteiger charge is -2.25. The highest BCUT2D eigenvalue weighted by Crippen LogP contribution is 2.21. The lowest BCUT2D eigenvalue weighted by Crippen LogP contribution is -2.42. The first-order valence-corrected chi connectivity index (χ1v) is 7.46. The van der Waals surface area contributed by atoms with Crippen molar-refractivity contribution in [1.29, 1.82) is 0 Å². The fraction of sp³-hybridized carbons (Fsp3) is 0.929. The molecule has 0 atom stereocenters. The highest BCUT2D eigenvalue weighted by Gasteiger charge is 2.22. The van der Waals surface area contributed by atoms with Crippen molar-refractivity contribution in [2.45, 2.75) is 44.6 Å². The zero-order chi connectivity index (χ0) is 12.8. The van der Waals surface area contributed by atoms with Gasteiger partial charge in [0, 0.05) is 25.0 Å². The summed E-state index contributed by atoms with van der Waals surface area (Å²) in [5.74, 6) is 0.499. The van der Waals surface area contributed by atoms with Crippen LogP contribution in [0.4, 0.5) is 0 Å². The van der Waals surface area contributed by atoms with Crippen LogP contribution in [0, 0.1) is 5.92 Å². The molecule has 1 aliphatic heterocycles. The van der Waals surface area contributed by atoms with Gasteiger partial charge in [0.2, 0.25) is 5.91 Å². The van der Waals surface area contributed by atoms with Gasteiger partial charge < -0.3 is 15.5 Å². The number of likely N-dealkylation sites (N-methyl/N-ethyl adjacent to an activating group) is 1. The minimum Gasteiger partial charge on any atom is -0.355 e. The predicted octanol–water partition coefficient (Wildman–Crippen LogP) is 0.977. The van der Waals surface area contributed by atoms with E-state index in [9.17, 15) is 4.79 Å². The monoisotopic (exact) mass is 253 g/mol. The minimum absolute atomic E-state index is 0.239. The van der Waals surface area contributed by atoms with Gasteiger partial charge in [-0.05, 0) is 45.8 Å². The van der Waals surface area contributed by atoms with E-state index in [1.165, 1.54) is 25.7 Å². The molecule has 4 nitrogen and oxygen atoms in total. The van der Waals surface area contributed by atoms with E-state index in [1.807, 2.05) is 0 Å². The molecule has 0 aromatic carbocycles. The molecule has 0 bridgehead atoms. The molecule has 0 unspecified atom stereocenters. The molecular weight excluding hydrogens is 226 g/mol. The fourth-order valence-electron chi connectivity index (χ4n) is 3.11. The van der Waals surface area contributed by atoms with Crippen molar-refractivity contribution in [1.82, 2.24) is 15.5 Å². The Kier molecular flexibility index (Phi) is 5.45. The van der Waals surface area contributed by atoms with Crippen LogP contribution in [0.2, 0.25) is 0 Å². The molecule has 18 heavy (non-hydrogen) atoms. The third kappa shape index (κ3) is 3.95. The van der Waals surface area contributed by atoms with Gasteiger partial charge in [0.05, 0.1) is 0 Å². The largest absolute Gasteiger partial charge is 0.355 e. The van der Waals surface area contributed by atoms with E-state index >= 15 is 0 Å². The van der Waals surface area contributed by atoms with Crippen LogP contribution in [-0.4, -0.2) is 50.1 Å². The fourth-order valence-corrected chi connectivity index (χ4v) is 3.11. The molecule has 0 aromatic heterocycles. The number of nitrogens with one attached hydrogen (secondary N) is 2. The summed E-state index contributed by atoms with van der Waals surface area (Å²) in [5.41, 5.74) is 0. The molecule has 0 aromatic rings. The maximum atomic E-state index is 11.9. The van der Waals surface area contributed by atoms with Gasteiger partial charge in [-0.2, -0.15) is 0 Å². The standard InChI is InChI=1S/C14H27N3O/c1-17(13-4-2-3-5-13)11-10-16-14(18)12-6-8-15-9-7-12/h12-13,15H,2-11H2,1H3,(H,16,18). The lowest BCUT2D eigenvalue weighted by molar-refractivity contribution is -0.125. The smallest absolute Gasteiger partial charge is 0.223 e. The number of carbonyl (C=O) groups is 1. The van der Waals surface area contributed by atoms with Crippen molar-refractivity contribution in [3.63, 3.8) is 0 Å². The van der Waals surface area contributed by atoms with E-state index in [1.54, 1.807) is 0 Å². The third-order valence-corrected chi connectivity index (χ3v) is 4.42. The number of amides is 1. The number of rotatable bonds is 5. The van der Waals surface area contributed by atoms with E-state index < -0.39 is 0 Å². The molecule has 1 aliphatic carbocycles. The minimum atomic E-state index is 0.239. The summed E-state index contributed by atoms with van der Waals surface area (Å²) in [6, 6.07) is 0.751. The predicted molar refractivity (Wildman–Crippen MR) is 73.5 cm³/mol. The molecule has 0 radical (unpaired) electrons. The SMILES string of the molecule is CN(CCNC(=O)C1CCNCC1)C1CCCC1. The Morgan fingerprint density at radius 3 is 2.56 bits per heavy atom. The van der Waals surface area contributed by atoms with Crippen LogP contribution in [0.5, 0.6) is 0 Å². The Bertz CT molecular complexity index is 258. The first-order chi connectivity index (χ1) is 8.77. The maximum Gasteiger partial charge on any atom is 0.223 e. The van der Waals surface area contributed by atoms with Crippen molar-refractivity contribution in [2.75, 3.05) is 33.2 Å². The summed E-state index contributed by atoms with van der Waals surface area (Å²) in [7, 11) is 2.19. The molecule has 4 heteroatoms. The second-order valence-electron chi connectivity index (χ2n) is 5.73. The van der Waals surface area contributed by atoms with Gasteiger partial charge >= 0.3 is 0 Å². The highest BCUT2D eigenvalue weighted by molar-refractivity contribution is 5.78. The van der Waals surface area contributed by atoms with E-state index in [0.29, 0.717) is 0 Å². The summed E-state index contributed by atoms with van der Waals surface area (Å²) < 4.78 is 0. The van der Waals surface area contributed by atoms with Crippen molar-refractivity contribution in [2.24, 2.45) is 5.92 Å². The highest BCUT2D eigenvalue weighted by atomic mass is 16.1. The number of carbonyl (C=O) groups excluding carboxylic acids is 1. The summed E-state index contributed by atoms with van der Waals surface area (Å²) in [6.45, 7) is 3.76. The molecular formula is C14H27N3O. The van der Waals surface area contributed by atoms with E-state index in [-0.39, 0.29) is 11.8 Å². The zero-order valence-electron chi connectivity index (χ0n) is 11.6. The molecule has 1 heterocycles. The Labute approximate surface area is 110 Å². The van der Waals surface area contributed by atoms with Crippen molar-refractivity contribution >= 4 is 5.91 Å². The zero-order valence-corrected chi connectivity index (χ0v) is 11.6. The van der Waals surface area contributed by atoms with Gasteiger partial charge in [-0.15, -0.1) is 0 Å². The van der Waals surface area contributed by atoms with Crippen LogP contribution >= 0.6 is 0 Å². The summed E-state index contributed by atoms with van der Waals surface area (Å²) in [4.78, 5) is 14.4. The Morgan fingerprint density at radius 1 is 1.22 bits per heavy atom. The quantitative estimate of drug-likeness (QED) is 0.767. The first-order valence-electron chi connectivity index (χ1n) is 7.46. The molecule has 2 rings (SSSR count). The van der Waals surface area contributed by atoms with Crippen LogP contribution in [0.15, 0.2) is 0 Å². The Balaban J connectivity index is 1.60. The molecule has 2 fully saturated rings. The van der Waals surface area contributed by atoms with Crippen LogP contribution in [-0.2, 0) is 4.79 Å². The van der Waals surface area contributed by atoms with Gasteiger partial charge in [0.25, 0.3) is 0 Å². The van der Waals surface area contributed by atoms with Crippen molar-refractivity contribution in [3.05, 3.63) is 0 Å². The normalized spacial score (nSPS) is 22.6. The second kappa shape index (κ2) is 7.10. The molecule has 2 N–H and O–H groups in total. The Morgan fingerprint density at radius 2 is 1.89 bits per heavy atom. The Hall–Kier alpha value is -0.610. The van der Waals surface area contributed by atoms with Gasteiger partial charge in [0.1, 0.15) is 0 Å². The van der Waals surface area contributed by atoms with E-state index in [4.69, 9.17) is 0 Å². The average Bonchev–Trinajstić information content (AvgIpc) is 2.93. The topological polar surface area (TPSA) is 44.4 Å². The van der Waals surface area contributed by atoms with Crippen molar-refractivity contribution < 1.29 is 4.79 Å². The van der Waals surface area contributed by atoms with Gasteiger partial charge in [-0.1, -0.05) is 12.8 Å². The first kappa shape index (κ1) is 13.8. The third-order valence-electron chi connectivity index (χ3n) is 4.42. The van der Waals surface area contributed by atoms with E-state index in [0.717, 1.165) is 45.1 Å². The molecule has 2 aliphatic rings. The van der Waals surface area contributed by atoms with Gasteiger partial charge in [-0.3, -0.25) is 4.79 Å². The van der Waals surface area contributed by atoms with E-state index in [2.05, 4.69) is 22.6 Å². The molecule has 1 saturated heterocycles. The summed E-state index contributed by atoms with van der Waals surface area (Å²) in [6.07, 6.45) is 7.39. The summed E-state index contributed by atoms with van der Waals surface area (Å²) in [5, 5.41) is 6.39. The van der Waals surface area contributed by atoms with Crippen molar-refractivity contribution in [3.8, 4) is 0 Å². The number of hydrogen-bond donors (Lipinski definition) is 2. The molecule has 0 spiro atoms.